The van der Waals surface area contributed by atoms with Crippen LogP contribution in [0.2, 0.25) is 0 Å². The maximum atomic E-state index is 2.45. The van der Waals surface area contributed by atoms with Crippen LogP contribution < -0.4 is 0 Å². The predicted octanol–water partition coefficient (Wildman–Crippen LogP) is 3.47. The van der Waals surface area contributed by atoms with Crippen LogP contribution in [0.25, 0.3) is 0 Å². The van der Waals surface area contributed by atoms with Gasteiger partial charge in [-0.25, -0.2) is 0 Å². The van der Waals surface area contributed by atoms with Crippen LogP contribution in [0.1, 0.15) is 30.4 Å². The van der Waals surface area contributed by atoms with E-state index in [0.29, 0.717) is 0 Å². The van der Waals surface area contributed by atoms with Crippen LogP contribution >= 0.6 is 0 Å². The second-order valence-corrected chi connectivity index (χ2v) is 4.35. The molecule has 0 atom stereocenters. The summed E-state index contributed by atoms with van der Waals surface area (Å²) in [7, 11) is 0. The van der Waals surface area contributed by atoms with Crippen molar-refractivity contribution in [3.8, 4) is 0 Å². The van der Waals surface area contributed by atoms with Gasteiger partial charge in [0.2, 0.25) is 0 Å². The second kappa shape index (κ2) is 3.27. The summed E-state index contributed by atoms with van der Waals surface area (Å²) in [4.78, 5) is 0. The normalized spacial score (nSPS) is 20.3. The number of benzene rings is 1. The molecule has 0 heterocycles. The highest BCUT2D eigenvalue weighted by molar-refractivity contribution is 5.43. The third-order valence-corrected chi connectivity index (χ3v) is 3.43. The first-order valence-corrected chi connectivity index (χ1v) is 5.54. The maximum absolute atomic E-state index is 2.45. The highest BCUT2D eigenvalue weighted by Crippen LogP contribution is 2.34. The number of hydrogen-bond acceptors (Lipinski definition) is 0. The monoisotopic (exact) mass is 183 g/mol. The molecule has 14 heavy (non-hydrogen) atoms. The van der Waals surface area contributed by atoms with Crippen LogP contribution in [0, 0.1) is 6.42 Å². The van der Waals surface area contributed by atoms with Crippen LogP contribution in [0.4, 0.5) is 0 Å². The first-order valence-electron chi connectivity index (χ1n) is 5.54. The molecule has 0 saturated heterocycles. The molecule has 3 rings (SSSR count). The van der Waals surface area contributed by atoms with Crippen LogP contribution in [-0.2, 0) is 12.8 Å². The van der Waals surface area contributed by atoms with Crippen LogP contribution in [0.15, 0.2) is 35.4 Å². The Morgan fingerprint density at radius 2 is 1.71 bits per heavy atom. The van der Waals surface area contributed by atoms with Crippen LogP contribution in [0.5, 0.6) is 0 Å². The van der Waals surface area contributed by atoms with Gasteiger partial charge >= 0.3 is 0 Å². The van der Waals surface area contributed by atoms with Crippen LogP contribution in [-0.4, -0.2) is 0 Å². The van der Waals surface area contributed by atoms with Gasteiger partial charge in [-0.15, -0.1) is 0 Å². The molecule has 0 saturated carbocycles. The van der Waals surface area contributed by atoms with E-state index in [9.17, 15) is 0 Å². The highest BCUT2D eigenvalue weighted by atomic mass is 14.2. The number of fused-ring (bicyclic) bond motifs is 1. The summed E-state index contributed by atoms with van der Waals surface area (Å²) in [5, 5.41) is 0. The van der Waals surface area contributed by atoms with E-state index in [4.69, 9.17) is 0 Å². The van der Waals surface area contributed by atoms with Crippen molar-refractivity contribution < 1.29 is 0 Å². The summed E-state index contributed by atoms with van der Waals surface area (Å²) in [6.45, 7) is 0. The van der Waals surface area contributed by atoms with Gasteiger partial charge in [0, 0.05) is 0 Å². The fourth-order valence-corrected chi connectivity index (χ4v) is 2.63. The Labute approximate surface area is 85.6 Å². The Balaban J connectivity index is 1.99. The lowest BCUT2D eigenvalue weighted by molar-refractivity contribution is 0.714. The maximum Gasteiger partial charge on any atom is -0.00585 e. The third-order valence-electron chi connectivity index (χ3n) is 3.43. The molecule has 0 unspecified atom stereocenters. The molecule has 0 nitrogen and oxygen atoms in total. The first-order chi connectivity index (χ1) is 6.93. The fraction of sp³-hybridized carbons (Fsp3) is 0.357. The molecule has 0 amide bonds. The van der Waals surface area contributed by atoms with E-state index >= 15 is 0 Å². The Bertz CT molecular complexity index is 348. The van der Waals surface area contributed by atoms with Gasteiger partial charge in [0.25, 0.3) is 0 Å². The lowest BCUT2D eigenvalue weighted by Gasteiger charge is -2.26. The van der Waals surface area contributed by atoms with Gasteiger partial charge < -0.3 is 0 Å². The van der Waals surface area contributed by atoms with Crippen molar-refractivity contribution in [1.82, 2.24) is 0 Å². The zero-order valence-electron chi connectivity index (χ0n) is 8.42. The minimum absolute atomic E-state index is 1.19. The van der Waals surface area contributed by atoms with Gasteiger partial charge in [-0.2, -0.15) is 0 Å². The number of allylic oxidation sites excluding steroid dienone is 2. The molecule has 0 bridgehead atoms. The van der Waals surface area contributed by atoms with Crippen molar-refractivity contribution in [2.24, 2.45) is 0 Å². The lowest BCUT2D eigenvalue weighted by atomic mass is 9.79. The van der Waals surface area contributed by atoms with E-state index in [1.165, 1.54) is 32.1 Å². The molecular formula is C14H15. The summed E-state index contributed by atoms with van der Waals surface area (Å²) in [6.07, 6.45) is 8.84. The molecule has 0 heteroatoms. The molecular weight excluding hydrogens is 168 g/mol. The van der Waals surface area contributed by atoms with Crippen molar-refractivity contribution in [3.05, 3.63) is 53.0 Å². The molecule has 2 aliphatic carbocycles. The quantitative estimate of drug-likeness (QED) is 0.577. The molecule has 0 aliphatic heterocycles. The molecule has 0 N–H and O–H groups in total. The summed E-state index contributed by atoms with van der Waals surface area (Å²) in [5.41, 5.74) is 6.44. The van der Waals surface area contributed by atoms with Gasteiger partial charge in [-0.3, -0.25) is 0 Å². The molecule has 0 aromatic heterocycles. The second-order valence-electron chi connectivity index (χ2n) is 4.35. The van der Waals surface area contributed by atoms with Crippen LogP contribution in [0.3, 0.4) is 0 Å². The van der Waals surface area contributed by atoms with Crippen molar-refractivity contribution in [3.63, 3.8) is 0 Å². The Morgan fingerprint density at radius 1 is 0.929 bits per heavy atom. The number of hydrogen-bond donors (Lipinski definition) is 0. The Kier molecular flexibility index (Phi) is 1.93. The molecule has 0 fully saturated rings. The predicted molar refractivity (Wildman–Crippen MR) is 59.0 cm³/mol. The lowest BCUT2D eigenvalue weighted by Crippen LogP contribution is -2.12. The SMILES string of the molecule is [CH]1CCCC2=C1Cc1ccccc1C2. The van der Waals surface area contributed by atoms with Gasteiger partial charge in [0.1, 0.15) is 0 Å². The van der Waals surface area contributed by atoms with E-state index in [1.807, 2.05) is 0 Å². The zero-order valence-corrected chi connectivity index (χ0v) is 8.42. The average Bonchev–Trinajstić information content (AvgIpc) is 2.26. The average molecular weight is 183 g/mol. The van der Waals surface area contributed by atoms with Crippen molar-refractivity contribution in [2.45, 2.75) is 32.1 Å². The van der Waals surface area contributed by atoms with E-state index in [0.717, 1.165) is 0 Å². The summed E-state index contributed by atoms with van der Waals surface area (Å²) < 4.78 is 0. The topological polar surface area (TPSA) is 0 Å². The summed E-state index contributed by atoms with van der Waals surface area (Å²) in [5.74, 6) is 0. The van der Waals surface area contributed by atoms with E-state index in [-0.39, 0.29) is 0 Å². The van der Waals surface area contributed by atoms with Crippen molar-refractivity contribution in [1.29, 1.82) is 0 Å². The largest absolute Gasteiger partial charge is 0.0660 e. The third kappa shape index (κ3) is 1.30. The van der Waals surface area contributed by atoms with Gasteiger partial charge in [0.05, 0.1) is 0 Å². The van der Waals surface area contributed by atoms with E-state index < -0.39 is 0 Å². The minimum atomic E-state index is 1.19. The number of rotatable bonds is 0. The summed E-state index contributed by atoms with van der Waals surface area (Å²) >= 11 is 0. The molecule has 71 valence electrons. The van der Waals surface area contributed by atoms with Gasteiger partial charge in [0.15, 0.2) is 0 Å². The fourth-order valence-electron chi connectivity index (χ4n) is 2.63. The molecule has 1 radical (unpaired) electrons. The standard InChI is InChI=1S/C14H15/c1-2-6-12-10-14-8-4-3-7-13(14)9-11(12)5-1/h1-2,5-7H,3-4,8-10H2. The van der Waals surface area contributed by atoms with E-state index in [2.05, 4.69) is 30.7 Å². The Morgan fingerprint density at radius 3 is 2.57 bits per heavy atom. The minimum Gasteiger partial charge on any atom is -0.0660 e. The van der Waals surface area contributed by atoms with Crippen molar-refractivity contribution in [2.75, 3.05) is 0 Å². The van der Waals surface area contributed by atoms with Gasteiger partial charge in [-0.05, 0) is 49.7 Å². The first kappa shape index (κ1) is 8.28. The highest BCUT2D eigenvalue weighted by Gasteiger charge is 2.19. The molecule has 1 aromatic carbocycles. The van der Waals surface area contributed by atoms with Crippen molar-refractivity contribution >= 4 is 0 Å². The Hall–Kier alpha value is -1.04. The molecule has 1 aromatic rings. The van der Waals surface area contributed by atoms with E-state index in [1.54, 1.807) is 22.3 Å². The molecule has 0 spiro atoms. The molecule has 2 aliphatic rings. The summed E-state index contributed by atoms with van der Waals surface area (Å²) in [6, 6.07) is 8.89. The zero-order chi connectivity index (χ0) is 9.38. The smallest absolute Gasteiger partial charge is 0.00585 e. The van der Waals surface area contributed by atoms with Gasteiger partial charge in [-0.1, -0.05) is 35.4 Å².